The van der Waals surface area contributed by atoms with E-state index in [1.54, 1.807) is 64.5 Å². The van der Waals surface area contributed by atoms with Crippen LogP contribution in [0.3, 0.4) is 0 Å². The number of aromatic nitrogens is 4. The van der Waals surface area contributed by atoms with Gasteiger partial charge in [0.1, 0.15) is 23.7 Å². The number of ether oxygens (including phenoxy) is 3. The number of H-pyrrole nitrogens is 2. The van der Waals surface area contributed by atoms with Gasteiger partial charge in [-0.2, -0.15) is 8.78 Å². The number of alkyl carbamates (subject to hydrolysis) is 2. The monoisotopic (exact) mass is 912 g/mol. The number of imidazole rings is 2. The van der Waals surface area contributed by atoms with Gasteiger partial charge in [-0.1, -0.05) is 60.7 Å². The van der Waals surface area contributed by atoms with E-state index < -0.39 is 36.2 Å². The summed E-state index contributed by atoms with van der Waals surface area (Å²) < 4.78 is 48.5. The summed E-state index contributed by atoms with van der Waals surface area (Å²) in [6.45, 7) is 1.99. The normalized spacial score (nSPS) is 19.7. The quantitative estimate of drug-likeness (QED) is 0.105. The summed E-state index contributed by atoms with van der Waals surface area (Å²) in [7, 11) is 2.52. The maximum Gasteiger partial charge on any atom is 0.407 e. The van der Waals surface area contributed by atoms with Crippen LogP contribution < -0.4 is 10.6 Å². The lowest BCUT2D eigenvalue weighted by Gasteiger charge is -2.34. The van der Waals surface area contributed by atoms with E-state index in [4.69, 9.17) is 19.2 Å². The number of carbonyl (C=O) groups excluding carboxylic acids is 4. The lowest BCUT2D eigenvalue weighted by Crippen LogP contribution is -2.53. The Morgan fingerprint density at radius 2 is 1.34 bits per heavy atom. The number of carbonyl (C=O) groups is 4. The number of likely N-dealkylation sites (tertiary alicyclic amines) is 2. The molecular formula is C50H50F2N8O7. The fraction of sp³-hybridized carbons (Fsp3) is 0.360. The summed E-state index contributed by atoms with van der Waals surface area (Å²) in [5, 5.41) is 5.45. The van der Waals surface area contributed by atoms with E-state index in [9.17, 15) is 19.2 Å². The van der Waals surface area contributed by atoms with E-state index in [1.165, 1.54) is 20.3 Å². The first-order valence-corrected chi connectivity index (χ1v) is 22.7. The van der Waals surface area contributed by atoms with Gasteiger partial charge in [0, 0.05) is 43.0 Å². The van der Waals surface area contributed by atoms with Gasteiger partial charge < -0.3 is 44.6 Å². The molecule has 15 nitrogen and oxygen atoms in total. The van der Waals surface area contributed by atoms with E-state index in [0.29, 0.717) is 115 Å². The number of aromatic amines is 2. The second-order valence-electron chi connectivity index (χ2n) is 17.6. The van der Waals surface area contributed by atoms with Crippen molar-refractivity contribution in [2.75, 3.05) is 40.5 Å². The molecule has 67 heavy (non-hydrogen) atoms. The molecule has 1 unspecified atom stereocenters. The third-order valence-electron chi connectivity index (χ3n) is 13.7. The number of methoxy groups -OCH3 is 2. The molecule has 4 amide bonds. The van der Waals surface area contributed by atoms with Crippen LogP contribution in [0, 0.1) is 5.92 Å². The third kappa shape index (κ3) is 8.14. The average molecular weight is 913 g/mol. The van der Waals surface area contributed by atoms with Crippen molar-refractivity contribution in [2.24, 2.45) is 5.92 Å². The number of nitrogens with zero attached hydrogens (tertiary/aromatic N) is 4. The number of alkyl halides is 2. The summed E-state index contributed by atoms with van der Waals surface area (Å²) in [6, 6.07) is 22.2. The zero-order chi connectivity index (χ0) is 46.4. The first-order chi connectivity index (χ1) is 32.5. The standard InChI is InChI=1S/C50H50F2N8O7/c1-65-48(63)57-42(28-8-4-3-5-9-28)46(61)59-20-6-10-40(59)44-53-27-39(56-44)32-13-16-34-33-15-12-30(24-35(33)50(51,52)36(34)25-32)31-14-17-37-38(26-31)55-45(54-37)41-11-7-21-60(41)47(62)43(58-49(64)66-2)29-18-22-67-23-19-29/h3-5,8-9,12-17,24-27,29,40-43H,6-7,10-11,18-23H2,1-2H3,(H,53,56)(H,54,55)(H,57,63)(H,58,64)/t40-,41?,42+,43-/m0/s1. The number of benzene rings is 4. The van der Waals surface area contributed by atoms with E-state index in [-0.39, 0.29) is 34.9 Å². The van der Waals surface area contributed by atoms with E-state index in [1.807, 2.05) is 30.3 Å². The predicted octanol–water partition coefficient (Wildman–Crippen LogP) is 8.32. The third-order valence-corrected chi connectivity index (χ3v) is 13.7. The van der Waals surface area contributed by atoms with Gasteiger partial charge in [0.25, 0.3) is 11.8 Å². The van der Waals surface area contributed by atoms with Crippen LogP contribution in [-0.4, -0.2) is 100 Å². The topological polar surface area (TPSA) is 184 Å². The van der Waals surface area contributed by atoms with Crippen LogP contribution in [0.15, 0.2) is 91.1 Å². The number of halogens is 2. The Balaban J connectivity index is 0.869. The minimum Gasteiger partial charge on any atom is -0.453 e. The van der Waals surface area contributed by atoms with Crippen molar-refractivity contribution in [3.05, 3.63) is 119 Å². The minimum absolute atomic E-state index is 0.0907. The molecule has 0 radical (unpaired) electrons. The van der Waals surface area contributed by atoms with E-state index in [0.717, 1.165) is 12.0 Å². The van der Waals surface area contributed by atoms with Crippen LogP contribution in [-0.2, 0) is 29.7 Å². The SMILES string of the molecule is COC(=O)N[C@H](C(=O)N1CCCC1c1nc2ccc(-c3ccc4c(c3)C(F)(F)c3cc(-c5cnc([C@@H]6CCCN6C(=O)[C@H](NC(=O)OC)c6ccccc6)[nH]5)ccc3-4)cc2[nH]1)C1CCOCC1. The highest BCUT2D eigenvalue weighted by Crippen LogP contribution is 2.53. The summed E-state index contributed by atoms with van der Waals surface area (Å²) in [6.07, 6.45) is 4.29. The number of rotatable bonds is 10. The average Bonchev–Trinajstić information content (AvgIpc) is 4.23. The van der Waals surface area contributed by atoms with Gasteiger partial charge in [-0.05, 0) is 96.5 Å². The number of hydrogen-bond acceptors (Lipinski definition) is 9. The highest BCUT2D eigenvalue weighted by atomic mass is 19.3. The second-order valence-corrected chi connectivity index (χ2v) is 17.6. The molecule has 17 heteroatoms. The van der Waals surface area contributed by atoms with Crippen molar-refractivity contribution in [2.45, 2.75) is 68.6 Å². The van der Waals surface area contributed by atoms with Crippen molar-refractivity contribution < 1.29 is 42.2 Å². The number of hydrogen-bond donors (Lipinski definition) is 4. The summed E-state index contributed by atoms with van der Waals surface area (Å²) in [5.41, 5.74) is 5.07. The summed E-state index contributed by atoms with van der Waals surface area (Å²) >= 11 is 0. The molecule has 4 N–H and O–H groups in total. The fourth-order valence-electron chi connectivity index (χ4n) is 10.3. The molecule has 0 spiro atoms. The van der Waals surface area contributed by atoms with Gasteiger partial charge >= 0.3 is 12.2 Å². The van der Waals surface area contributed by atoms with Gasteiger partial charge in [-0.25, -0.2) is 19.6 Å². The molecule has 4 aromatic carbocycles. The molecule has 4 aliphatic rings. The van der Waals surface area contributed by atoms with Crippen LogP contribution in [0.4, 0.5) is 18.4 Å². The van der Waals surface area contributed by atoms with Crippen LogP contribution in [0.2, 0.25) is 0 Å². The van der Waals surface area contributed by atoms with Crippen molar-refractivity contribution in [3.8, 4) is 33.5 Å². The van der Waals surface area contributed by atoms with E-state index in [2.05, 4.69) is 25.6 Å². The Kier molecular flexibility index (Phi) is 11.7. The lowest BCUT2D eigenvalue weighted by atomic mass is 9.90. The Bertz CT molecular complexity index is 2860. The maximum atomic E-state index is 16.6. The summed E-state index contributed by atoms with van der Waals surface area (Å²) in [5.74, 6) is -2.74. The highest BCUT2D eigenvalue weighted by molar-refractivity contribution is 5.89. The lowest BCUT2D eigenvalue weighted by molar-refractivity contribution is -0.137. The van der Waals surface area contributed by atoms with Crippen molar-refractivity contribution >= 4 is 35.0 Å². The highest BCUT2D eigenvalue weighted by Gasteiger charge is 2.45. The Morgan fingerprint density at radius 3 is 2.04 bits per heavy atom. The van der Waals surface area contributed by atoms with Crippen LogP contribution >= 0.6 is 0 Å². The molecule has 5 heterocycles. The van der Waals surface area contributed by atoms with Crippen LogP contribution in [0.5, 0.6) is 0 Å². The minimum atomic E-state index is -3.30. The number of amides is 4. The maximum absolute atomic E-state index is 16.6. The molecule has 0 bridgehead atoms. The molecule has 346 valence electrons. The first-order valence-electron chi connectivity index (χ1n) is 22.7. The second kappa shape index (κ2) is 17.9. The molecule has 1 aliphatic carbocycles. The van der Waals surface area contributed by atoms with Gasteiger partial charge in [0.15, 0.2) is 0 Å². The smallest absolute Gasteiger partial charge is 0.407 e. The molecular weight excluding hydrogens is 863 g/mol. The van der Waals surface area contributed by atoms with Gasteiger partial charge in [-0.3, -0.25) is 9.59 Å². The molecule has 4 atom stereocenters. The molecule has 3 saturated heterocycles. The van der Waals surface area contributed by atoms with Crippen molar-refractivity contribution in [1.82, 2.24) is 40.4 Å². The number of nitrogens with one attached hydrogen (secondary N) is 4. The van der Waals surface area contributed by atoms with Crippen molar-refractivity contribution in [1.29, 1.82) is 0 Å². The Labute approximate surface area is 384 Å². The van der Waals surface area contributed by atoms with Crippen LogP contribution in [0.1, 0.15) is 85.0 Å². The van der Waals surface area contributed by atoms with E-state index >= 15 is 8.78 Å². The molecule has 3 fully saturated rings. The zero-order valence-electron chi connectivity index (χ0n) is 37.0. The van der Waals surface area contributed by atoms with Gasteiger partial charge in [0.05, 0.1) is 49.2 Å². The van der Waals surface area contributed by atoms with Gasteiger partial charge in [-0.15, -0.1) is 0 Å². The fourth-order valence-corrected chi connectivity index (χ4v) is 10.3. The Morgan fingerprint density at radius 1 is 0.731 bits per heavy atom. The zero-order valence-corrected chi connectivity index (χ0v) is 37.0. The Hall–Kier alpha value is -7.14. The first kappa shape index (κ1) is 43.7. The van der Waals surface area contributed by atoms with Gasteiger partial charge in [0.2, 0.25) is 5.91 Å². The van der Waals surface area contributed by atoms with Crippen molar-refractivity contribution in [3.63, 3.8) is 0 Å². The predicted molar refractivity (Wildman–Crippen MR) is 243 cm³/mol. The molecule has 0 saturated carbocycles. The summed E-state index contributed by atoms with van der Waals surface area (Å²) in [4.78, 5) is 72.5. The van der Waals surface area contributed by atoms with Crippen LogP contribution in [0.25, 0.3) is 44.5 Å². The molecule has 2 aromatic heterocycles. The number of fused-ring (bicyclic) bond motifs is 4. The molecule has 6 aromatic rings. The largest absolute Gasteiger partial charge is 0.453 e. The molecule has 3 aliphatic heterocycles. The molecule has 10 rings (SSSR count).